The maximum absolute atomic E-state index is 14.8. The van der Waals surface area contributed by atoms with E-state index in [4.69, 9.17) is 9.47 Å². The molecule has 1 amide bonds. The van der Waals surface area contributed by atoms with Crippen molar-refractivity contribution in [1.82, 2.24) is 14.7 Å². The van der Waals surface area contributed by atoms with Crippen molar-refractivity contribution in [2.24, 2.45) is 11.8 Å². The van der Waals surface area contributed by atoms with Gasteiger partial charge in [-0.05, 0) is 74.6 Å². The molecule has 0 unspecified atom stereocenters. The van der Waals surface area contributed by atoms with E-state index in [-0.39, 0.29) is 23.9 Å². The number of nitrogens with zero attached hydrogens (tertiary/aromatic N) is 3. The van der Waals surface area contributed by atoms with Crippen LogP contribution in [0.2, 0.25) is 0 Å². The number of amides is 1. The Kier molecular flexibility index (Phi) is 14.7. The molecule has 4 aromatic carbocycles. The number of aliphatic hydroxyl groups is 1. The molecule has 4 aromatic rings. The largest absolute Gasteiger partial charge is 0.442 e. The molecule has 296 valence electrons. The Labute approximate surface area is 331 Å². The smallest absolute Gasteiger partial charge is 0.413 e. The Morgan fingerprint density at radius 2 is 0.982 bits per heavy atom. The number of ether oxygens (including phenoxy) is 2. The highest BCUT2D eigenvalue weighted by molar-refractivity contribution is 5.70. The molecule has 0 spiro atoms. The van der Waals surface area contributed by atoms with Gasteiger partial charge in [0.05, 0.1) is 18.2 Å². The highest BCUT2D eigenvalue weighted by Crippen LogP contribution is 2.37. The Morgan fingerprint density at radius 3 is 1.31 bits per heavy atom. The van der Waals surface area contributed by atoms with E-state index in [9.17, 15) is 9.90 Å². The minimum atomic E-state index is -1.02. The SMILES string of the molecule is CC(C)C[C@@H]([C@@H](O)[C@@H](OC(=O)N1C(C)(C)COC1(C)C)[C@H](CC(C)C)N(Cc1ccccc1)Cc1ccccc1)N(Cc1ccccc1)Cc1ccccc1. The Bertz CT molecular complexity index is 1620. The maximum Gasteiger partial charge on any atom is 0.413 e. The molecule has 55 heavy (non-hydrogen) atoms. The van der Waals surface area contributed by atoms with Crippen LogP contribution in [0.4, 0.5) is 4.79 Å². The summed E-state index contributed by atoms with van der Waals surface area (Å²) < 4.78 is 13.1. The summed E-state index contributed by atoms with van der Waals surface area (Å²) in [5.41, 5.74) is 3.19. The van der Waals surface area contributed by atoms with Crippen LogP contribution in [0.5, 0.6) is 0 Å². The first-order chi connectivity index (χ1) is 26.2. The van der Waals surface area contributed by atoms with Gasteiger partial charge in [0.1, 0.15) is 17.9 Å². The summed E-state index contributed by atoms with van der Waals surface area (Å²) in [5.74, 6) is 0.520. The summed E-state index contributed by atoms with van der Waals surface area (Å²) in [6.45, 7) is 19.6. The minimum absolute atomic E-state index is 0.253. The second-order valence-electron chi connectivity index (χ2n) is 17.4. The Morgan fingerprint density at radius 1 is 0.636 bits per heavy atom. The van der Waals surface area contributed by atoms with E-state index in [0.717, 1.165) is 11.1 Å². The van der Waals surface area contributed by atoms with E-state index in [1.54, 1.807) is 4.90 Å². The molecular weight excluding hydrogens is 683 g/mol. The summed E-state index contributed by atoms with van der Waals surface area (Å²) >= 11 is 0. The van der Waals surface area contributed by atoms with Crippen LogP contribution < -0.4 is 0 Å². The quantitative estimate of drug-likeness (QED) is 0.109. The third-order valence-electron chi connectivity index (χ3n) is 10.7. The van der Waals surface area contributed by atoms with Gasteiger partial charge in [-0.2, -0.15) is 0 Å². The molecule has 0 aromatic heterocycles. The fraction of sp³-hybridized carbons (Fsp3) is 0.479. The van der Waals surface area contributed by atoms with E-state index in [0.29, 0.717) is 45.6 Å². The van der Waals surface area contributed by atoms with E-state index >= 15 is 0 Å². The van der Waals surface area contributed by atoms with E-state index in [1.165, 1.54) is 11.1 Å². The topological polar surface area (TPSA) is 65.5 Å². The van der Waals surface area contributed by atoms with Gasteiger partial charge in [0, 0.05) is 32.2 Å². The number of rotatable bonds is 18. The highest BCUT2D eigenvalue weighted by Gasteiger charge is 2.52. The zero-order valence-electron chi connectivity index (χ0n) is 34.5. The molecule has 0 aliphatic carbocycles. The van der Waals surface area contributed by atoms with Gasteiger partial charge in [-0.1, -0.05) is 149 Å². The molecule has 0 radical (unpaired) electrons. The molecule has 1 heterocycles. The standard InChI is InChI=1S/C48H65N3O4/c1-36(2)29-42(49(31-38-21-13-9-14-22-38)32-39-23-15-10-16-24-39)44(52)45(55-46(53)51-47(5,6)35-54-48(51,7)8)43(30-37(3)4)50(33-40-25-17-11-18-26-40)34-41-27-19-12-20-28-41/h9-28,36-37,42-45,52H,29-35H2,1-8H3/t42-,43-,44+,45-/m0/s1. The predicted octanol–water partition coefficient (Wildman–Crippen LogP) is 9.93. The van der Waals surface area contributed by atoms with Gasteiger partial charge in [0.2, 0.25) is 0 Å². The lowest BCUT2D eigenvalue weighted by Crippen LogP contribution is -2.60. The monoisotopic (exact) mass is 747 g/mol. The van der Waals surface area contributed by atoms with Crippen LogP contribution in [-0.2, 0) is 35.7 Å². The summed E-state index contributed by atoms with van der Waals surface area (Å²) in [7, 11) is 0. The lowest BCUT2D eigenvalue weighted by Gasteiger charge is -2.46. The highest BCUT2D eigenvalue weighted by atomic mass is 16.6. The van der Waals surface area contributed by atoms with Gasteiger partial charge in [0.25, 0.3) is 0 Å². The Balaban J connectivity index is 1.65. The van der Waals surface area contributed by atoms with Crippen LogP contribution >= 0.6 is 0 Å². The molecule has 1 fully saturated rings. The number of benzene rings is 4. The predicted molar refractivity (Wildman–Crippen MR) is 223 cm³/mol. The lowest BCUT2D eigenvalue weighted by molar-refractivity contribution is -0.115. The molecule has 7 nitrogen and oxygen atoms in total. The summed E-state index contributed by atoms with van der Waals surface area (Å²) in [6.07, 6.45) is -0.932. The van der Waals surface area contributed by atoms with Crippen LogP contribution in [0.3, 0.4) is 0 Å². The fourth-order valence-corrected chi connectivity index (χ4v) is 8.26. The molecule has 4 atom stereocenters. The number of carbonyl (C=O) groups is 1. The third-order valence-corrected chi connectivity index (χ3v) is 10.7. The van der Waals surface area contributed by atoms with Crippen molar-refractivity contribution in [3.63, 3.8) is 0 Å². The maximum atomic E-state index is 14.8. The zero-order chi connectivity index (χ0) is 39.6. The molecule has 1 aliphatic heterocycles. The minimum Gasteiger partial charge on any atom is -0.442 e. The van der Waals surface area contributed by atoms with Gasteiger partial charge in [-0.15, -0.1) is 0 Å². The molecule has 1 aliphatic rings. The van der Waals surface area contributed by atoms with Crippen molar-refractivity contribution in [3.8, 4) is 0 Å². The van der Waals surface area contributed by atoms with Crippen molar-refractivity contribution in [2.45, 2.75) is 130 Å². The third kappa shape index (κ3) is 11.7. The summed E-state index contributed by atoms with van der Waals surface area (Å²) in [6, 6.07) is 41.3. The second kappa shape index (κ2) is 19.2. The van der Waals surface area contributed by atoms with Gasteiger partial charge in [-0.25, -0.2) is 4.79 Å². The van der Waals surface area contributed by atoms with Gasteiger partial charge < -0.3 is 14.6 Å². The summed E-state index contributed by atoms with van der Waals surface area (Å²) in [5, 5.41) is 13.3. The molecule has 5 rings (SSSR count). The lowest BCUT2D eigenvalue weighted by atomic mass is 9.87. The normalized spacial score (nSPS) is 17.4. The first-order valence-corrected chi connectivity index (χ1v) is 20.2. The van der Waals surface area contributed by atoms with Crippen molar-refractivity contribution in [3.05, 3.63) is 144 Å². The molecule has 1 saturated heterocycles. The van der Waals surface area contributed by atoms with Crippen LogP contribution in [0, 0.1) is 11.8 Å². The van der Waals surface area contributed by atoms with Gasteiger partial charge in [-0.3, -0.25) is 14.7 Å². The number of aliphatic hydroxyl groups excluding tert-OH is 1. The van der Waals surface area contributed by atoms with Gasteiger partial charge >= 0.3 is 6.09 Å². The summed E-state index contributed by atoms with van der Waals surface area (Å²) in [4.78, 5) is 21.3. The van der Waals surface area contributed by atoms with Crippen LogP contribution in [0.15, 0.2) is 121 Å². The first-order valence-electron chi connectivity index (χ1n) is 20.2. The van der Waals surface area contributed by atoms with Crippen molar-refractivity contribution in [1.29, 1.82) is 0 Å². The van der Waals surface area contributed by atoms with Crippen molar-refractivity contribution < 1.29 is 19.4 Å². The molecule has 0 bridgehead atoms. The van der Waals surface area contributed by atoms with Crippen LogP contribution in [-0.4, -0.2) is 68.1 Å². The van der Waals surface area contributed by atoms with E-state index in [1.807, 2.05) is 52.0 Å². The molecular formula is C48H65N3O4. The van der Waals surface area contributed by atoms with Crippen LogP contribution in [0.1, 0.15) is 90.5 Å². The number of hydrogen-bond acceptors (Lipinski definition) is 6. The average molecular weight is 748 g/mol. The van der Waals surface area contributed by atoms with Crippen LogP contribution in [0.25, 0.3) is 0 Å². The van der Waals surface area contributed by atoms with E-state index < -0.39 is 29.6 Å². The van der Waals surface area contributed by atoms with Gasteiger partial charge in [0.15, 0.2) is 0 Å². The first kappa shape index (κ1) is 42.1. The Hall–Kier alpha value is -4.01. The molecule has 7 heteroatoms. The van der Waals surface area contributed by atoms with Crippen molar-refractivity contribution in [2.75, 3.05) is 6.61 Å². The molecule has 0 saturated carbocycles. The molecule has 1 N–H and O–H groups in total. The van der Waals surface area contributed by atoms with Crippen molar-refractivity contribution >= 4 is 6.09 Å². The average Bonchev–Trinajstić information content (AvgIpc) is 3.38. The number of hydrogen-bond donors (Lipinski definition) is 1. The number of carbonyl (C=O) groups excluding carboxylic acids is 1. The van der Waals surface area contributed by atoms with E-state index in [2.05, 4.69) is 135 Å². The zero-order valence-corrected chi connectivity index (χ0v) is 34.5. The fourth-order valence-electron chi connectivity index (χ4n) is 8.26. The second-order valence-corrected chi connectivity index (χ2v) is 17.4.